The quantitative estimate of drug-likeness (QED) is 0.839. The molecule has 0 N–H and O–H groups in total. The molecule has 4 rings (SSSR count). The Balaban J connectivity index is 1.45. The van der Waals surface area contributed by atoms with Crippen LogP contribution in [0.25, 0.3) is 0 Å². The molecule has 0 bridgehead atoms. The van der Waals surface area contributed by atoms with Crippen LogP contribution < -0.4 is 9.47 Å². The smallest absolute Gasteiger partial charge is 0.254 e. The highest BCUT2D eigenvalue weighted by Crippen LogP contribution is 2.33. The lowest BCUT2D eigenvalue weighted by atomic mass is 10.1. The summed E-state index contributed by atoms with van der Waals surface area (Å²) in [5.41, 5.74) is 0.680. The zero-order valence-corrected chi connectivity index (χ0v) is 14.9. The summed E-state index contributed by atoms with van der Waals surface area (Å²) in [6.45, 7) is 8.09. The van der Waals surface area contributed by atoms with Crippen LogP contribution in [0.5, 0.6) is 11.5 Å². The molecule has 6 nitrogen and oxygen atoms in total. The fraction of sp³-hybridized carbons (Fsp3) is 0.632. The maximum atomic E-state index is 13.0. The third kappa shape index (κ3) is 3.46. The van der Waals surface area contributed by atoms with Gasteiger partial charge in [-0.25, -0.2) is 0 Å². The molecule has 136 valence electrons. The van der Waals surface area contributed by atoms with Crippen molar-refractivity contribution >= 4 is 5.91 Å². The molecule has 0 spiro atoms. The fourth-order valence-corrected chi connectivity index (χ4v) is 4.22. The monoisotopic (exact) mass is 346 g/mol. The van der Waals surface area contributed by atoms with Gasteiger partial charge >= 0.3 is 0 Å². The molecule has 0 aromatic heterocycles. The zero-order chi connectivity index (χ0) is 17.4. The van der Waals surface area contributed by atoms with Crippen molar-refractivity contribution in [3.05, 3.63) is 23.8 Å². The molecule has 1 aromatic rings. The van der Waals surface area contributed by atoms with Crippen molar-refractivity contribution < 1.29 is 19.0 Å². The summed E-state index contributed by atoms with van der Waals surface area (Å²) in [6.07, 6.45) is 2.64. The van der Waals surface area contributed by atoms with Crippen LogP contribution in [0.4, 0.5) is 0 Å². The lowest BCUT2D eigenvalue weighted by molar-refractivity contribution is -0.0715. The lowest BCUT2D eigenvalue weighted by Gasteiger charge is -2.38. The van der Waals surface area contributed by atoms with E-state index in [1.54, 1.807) is 6.07 Å². The Hall–Kier alpha value is -1.79. The van der Waals surface area contributed by atoms with E-state index in [0.29, 0.717) is 17.1 Å². The minimum absolute atomic E-state index is 0.0927. The summed E-state index contributed by atoms with van der Waals surface area (Å²) >= 11 is 0. The first-order chi connectivity index (χ1) is 12.1. The van der Waals surface area contributed by atoms with Gasteiger partial charge in [0, 0.05) is 37.8 Å². The van der Waals surface area contributed by atoms with E-state index in [1.165, 1.54) is 0 Å². The molecule has 3 heterocycles. The topological polar surface area (TPSA) is 51.2 Å². The number of morpholine rings is 1. The minimum atomic E-state index is 0.0927. The van der Waals surface area contributed by atoms with Crippen LogP contribution in [0.2, 0.25) is 0 Å². The number of rotatable bonds is 3. The first-order valence-corrected chi connectivity index (χ1v) is 9.18. The molecular formula is C19H26N2O4. The van der Waals surface area contributed by atoms with Crippen molar-refractivity contribution in [1.82, 2.24) is 9.80 Å². The van der Waals surface area contributed by atoms with Gasteiger partial charge in [-0.15, -0.1) is 0 Å². The molecule has 6 heteroatoms. The lowest BCUT2D eigenvalue weighted by Crippen LogP contribution is -2.50. The molecule has 0 aliphatic carbocycles. The van der Waals surface area contributed by atoms with E-state index in [-0.39, 0.29) is 30.9 Å². The Bertz CT molecular complexity index is 640. The van der Waals surface area contributed by atoms with Gasteiger partial charge in [-0.2, -0.15) is 0 Å². The van der Waals surface area contributed by atoms with Crippen molar-refractivity contribution in [2.75, 3.05) is 33.0 Å². The maximum absolute atomic E-state index is 13.0. The third-order valence-corrected chi connectivity index (χ3v) is 5.22. The van der Waals surface area contributed by atoms with Crippen molar-refractivity contribution in [3.8, 4) is 11.5 Å². The molecule has 3 aliphatic rings. The molecule has 25 heavy (non-hydrogen) atoms. The van der Waals surface area contributed by atoms with Gasteiger partial charge in [0.1, 0.15) is 0 Å². The first-order valence-electron chi connectivity index (χ1n) is 9.18. The van der Waals surface area contributed by atoms with Crippen LogP contribution in [0, 0.1) is 0 Å². The van der Waals surface area contributed by atoms with Crippen molar-refractivity contribution in [2.45, 2.75) is 44.9 Å². The van der Waals surface area contributed by atoms with Gasteiger partial charge in [-0.1, -0.05) is 0 Å². The highest BCUT2D eigenvalue weighted by molar-refractivity contribution is 5.95. The van der Waals surface area contributed by atoms with Gasteiger partial charge < -0.3 is 19.1 Å². The van der Waals surface area contributed by atoms with E-state index in [0.717, 1.165) is 39.0 Å². The Kier molecular flexibility index (Phi) is 4.56. The van der Waals surface area contributed by atoms with E-state index in [1.807, 2.05) is 17.0 Å². The van der Waals surface area contributed by atoms with Gasteiger partial charge in [0.25, 0.3) is 5.91 Å². The second-order valence-electron chi connectivity index (χ2n) is 7.34. The third-order valence-electron chi connectivity index (χ3n) is 5.22. The normalized spacial score (nSPS) is 29.2. The van der Waals surface area contributed by atoms with Crippen molar-refractivity contribution in [2.24, 2.45) is 0 Å². The molecular weight excluding hydrogens is 320 g/mol. The molecule has 2 saturated heterocycles. The van der Waals surface area contributed by atoms with Gasteiger partial charge in [0.2, 0.25) is 6.79 Å². The summed E-state index contributed by atoms with van der Waals surface area (Å²) in [4.78, 5) is 17.5. The molecule has 1 amide bonds. The molecule has 1 aromatic carbocycles. The maximum Gasteiger partial charge on any atom is 0.254 e. The van der Waals surface area contributed by atoms with Gasteiger partial charge in [0.15, 0.2) is 11.5 Å². The molecule has 2 fully saturated rings. The van der Waals surface area contributed by atoms with Crippen molar-refractivity contribution in [3.63, 3.8) is 0 Å². The average Bonchev–Trinajstić information content (AvgIpc) is 3.21. The van der Waals surface area contributed by atoms with Crippen LogP contribution in [-0.4, -0.2) is 66.9 Å². The van der Waals surface area contributed by atoms with Crippen LogP contribution in [0.3, 0.4) is 0 Å². The van der Waals surface area contributed by atoms with E-state index in [4.69, 9.17) is 14.2 Å². The van der Waals surface area contributed by atoms with Crippen LogP contribution in [0.15, 0.2) is 18.2 Å². The Morgan fingerprint density at radius 1 is 1.16 bits per heavy atom. The fourth-order valence-electron chi connectivity index (χ4n) is 4.22. The number of fused-ring (bicyclic) bond motifs is 1. The molecule has 0 radical (unpaired) electrons. The summed E-state index contributed by atoms with van der Waals surface area (Å²) in [7, 11) is 0. The first kappa shape index (κ1) is 16.7. The van der Waals surface area contributed by atoms with Crippen LogP contribution >= 0.6 is 0 Å². The number of carbonyl (C=O) groups is 1. The predicted octanol–water partition coefficient (Wildman–Crippen LogP) is 2.13. The van der Waals surface area contributed by atoms with Crippen LogP contribution in [0.1, 0.15) is 37.0 Å². The molecule has 3 aliphatic heterocycles. The highest BCUT2D eigenvalue weighted by atomic mass is 16.7. The number of hydrogen-bond acceptors (Lipinski definition) is 5. The largest absolute Gasteiger partial charge is 0.454 e. The number of likely N-dealkylation sites (tertiary alicyclic amines) is 1. The predicted molar refractivity (Wildman–Crippen MR) is 93.1 cm³/mol. The Morgan fingerprint density at radius 3 is 2.72 bits per heavy atom. The van der Waals surface area contributed by atoms with Gasteiger partial charge in [-0.05, 0) is 44.9 Å². The summed E-state index contributed by atoms with van der Waals surface area (Å²) < 4.78 is 16.6. The number of amides is 1. The van der Waals surface area contributed by atoms with Gasteiger partial charge in [-0.3, -0.25) is 9.69 Å². The molecule has 3 atom stereocenters. The second-order valence-corrected chi connectivity index (χ2v) is 7.34. The molecule has 0 unspecified atom stereocenters. The van der Waals surface area contributed by atoms with Crippen LogP contribution in [-0.2, 0) is 4.74 Å². The Labute approximate surface area is 148 Å². The summed E-state index contributed by atoms with van der Waals surface area (Å²) in [6, 6.07) is 5.74. The minimum Gasteiger partial charge on any atom is -0.454 e. The average molecular weight is 346 g/mol. The second kappa shape index (κ2) is 6.84. The Morgan fingerprint density at radius 2 is 1.92 bits per heavy atom. The number of hydrogen-bond donors (Lipinski definition) is 0. The van der Waals surface area contributed by atoms with E-state index in [9.17, 15) is 4.79 Å². The number of nitrogens with zero attached hydrogens (tertiary/aromatic N) is 2. The van der Waals surface area contributed by atoms with E-state index in [2.05, 4.69) is 18.7 Å². The number of benzene rings is 1. The summed E-state index contributed by atoms with van der Waals surface area (Å²) in [5, 5.41) is 0. The molecule has 0 saturated carbocycles. The van der Waals surface area contributed by atoms with E-state index >= 15 is 0 Å². The highest BCUT2D eigenvalue weighted by Gasteiger charge is 2.33. The standard InChI is InChI=1S/C19H26N2O4/c1-13-9-20(10-14(2)25-13)11-16-4-3-7-21(16)19(22)15-5-6-17-18(8-15)24-12-23-17/h5-6,8,13-14,16H,3-4,7,9-12H2,1-2H3/t13-,14+,16-/m1/s1. The van der Waals surface area contributed by atoms with Gasteiger partial charge in [0.05, 0.1) is 12.2 Å². The summed E-state index contributed by atoms with van der Waals surface area (Å²) in [5.74, 6) is 1.47. The van der Waals surface area contributed by atoms with E-state index < -0.39 is 0 Å². The zero-order valence-electron chi connectivity index (χ0n) is 14.9. The SMILES string of the molecule is C[C@@H]1CN(C[C@H]2CCCN2C(=O)c2ccc3c(c2)OCO3)C[C@H](C)O1. The number of carbonyl (C=O) groups excluding carboxylic acids is 1. The van der Waals surface area contributed by atoms with Crippen molar-refractivity contribution in [1.29, 1.82) is 0 Å². The number of ether oxygens (including phenoxy) is 3.